The van der Waals surface area contributed by atoms with E-state index >= 15 is 0 Å². The van der Waals surface area contributed by atoms with Crippen molar-refractivity contribution in [1.82, 2.24) is 4.98 Å². The van der Waals surface area contributed by atoms with Gasteiger partial charge in [-0.2, -0.15) is 6.58 Å². The van der Waals surface area contributed by atoms with Gasteiger partial charge < -0.3 is 12.8 Å². The van der Waals surface area contributed by atoms with Crippen LogP contribution in [-0.4, -0.2) is 17.2 Å². The number of hydrogen-bond acceptors (Lipinski definition) is 2. The van der Waals surface area contributed by atoms with E-state index in [2.05, 4.69) is 107 Å². The summed E-state index contributed by atoms with van der Waals surface area (Å²) in [7, 11) is 0. The summed E-state index contributed by atoms with van der Waals surface area (Å²) in [6, 6.07) is 27.0. The van der Waals surface area contributed by atoms with Crippen molar-refractivity contribution in [2.45, 2.75) is 25.7 Å². The van der Waals surface area contributed by atoms with Crippen molar-refractivity contribution >= 4 is 11.3 Å². The van der Waals surface area contributed by atoms with E-state index in [4.69, 9.17) is 12.8 Å². The third-order valence-corrected chi connectivity index (χ3v) is 7.46. The summed E-state index contributed by atoms with van der Waals surface area (Å²) in [4.78, 5) is 8.50. The van der Waals surface area contributed by atoms with Crippen molar-refractivity contribution in [1.29, 1.82) is 0 Å². The van der Waals surface area contributed by atoms with Crippen molar-refractivity contribution in [3.63, 3.8) is 0 Å². The number of aliphatic imine (C=N–C) groups is 1. The van der Waals surface area contributed by atoms with E-state index in [9.17, 15) is 0 Å². The van der Waals surface area contributed by atoms with Gasteiger partial charge >= 0.3 is 44.8 Å². The molecule has 0 N–H and O–H groups in total. The Morgan fingerprint density at radius 1 is 0.867 bits per heavy atom. The number of pyridine rings is 1. The van der Waals surface area contributed by atoms with Gasteiger partial charge in [0.15, 0.2) is 0 Å². The summed E-state index contributed by atoms with van der Waals surface area (Å²) in [5, 5.41) is 0. The molecule has 0 atom stereocenters. The molecule has 0 spiro atoms. The molecule has 1 aliphatic heterocycles. The number of benzene rings is 3. The number of hydrogen-bond donors (Lipinski definition) is 0. The van der Waals surface area contributed by atoms with E-state index in [-0.39, 0.29) is 44.8 Å². The van der Waals surface area contributed by atoms with Gasteiger partial charge in [-0.05, 0) is 70.4 Å². The van der Waals surface area contributed by atoms with Crippen LogP contribution in [-0.2, 0) is 64.0 Å². The number of nitrogens with zero attached hydrogens (tertiary/aromatic N) is 2. The Balaban J connectivity index is 0.000000181. The molecule has 3 aromatic carbocycles. The SMILES string of the molecule is C1=CC(Cc2cccnc2)=NCC1.[Au+].[Au+].[C-]#CC(=C)/C=C\C1=CCc2ccccc21.[C-]#Cc1ccc2c(c1)Cc1ccccc1-2. The number of allylic oxidation sites excluding steroid dienone is 6. The molecule has 3 aliphatic rings. The second-order valence-corrected chi connectivity index (χ2v) is 10.4. The largest absolute Gasteiger partial charge is 1.00 e. The molecule has 0 fully saturated rings. The van der Waals surface area contributed by atoms with Gasteiger partial charge in [-0.15, -0.1) is 29.3 Å². The molecule has 0 amide bonds. The zero-order chi connectivity index (χ0) is 29.9. The second-order valence-electron chi connectivity index (χ2n) is 10.4. The zero-order valence-corrected chi connectivity index (χ0v) is 29.1. The van der Waals surface area contributed by atoms with E-state index < -0.39 is 0 Å². The molecule has 7 rings (SSSR count). The number of dihydropyridines is 1. The minimum Gasteiger partial charge on any atom is -0.366 e. The average Bonchev–Trinajstić information content (AvgIpc) is 3.66. The molecule has 45 heavy (non-hydrogen) atoms. The van der Waals surface area contributed by atoms with Crippen LogP contribution in [0, 0.1) is 24.7 Å². The van der Waals surface area contributed by atoms with Crippen LogP contribution in [0.4, 0.5) is 0 Å². The van der Waals surface area contributed by atoms with Gasteiger partial charge in [0.05, 0.1) is 0 Å². The molecule has 0 bridgehead atoms. The summed E-state index contributed by atoms with van der Waals surface area (Å²) in [6.45, 7) is 4.61. The minimum atomic E-state index is 0. The fourth-order valence-electron chi connectivity index (χ4n) is 5.30. The predicted octanol–water partition coefficient (Wildman–Crippen LogP) is 8.54. The van der Waals surface area contributed by atoms with Gasteiger partial charge in [-0.25, -0.2) is 0 Å². The maximum atomic E-state index is 7.12. The Labute approximate surface area is 299 Å². The standard InChI is InChI=1S/C15H9.C15H11.C11H12N2.2Au/c1-2-11-7-8-15-13(9-11)10-12-5-3-4-6-14(12)15;1-3-12(2)8-9-14-11-10-13-6-4-5-7-15(13)14;1-2-7-13-11(5-1)8-10-4-3-6-12-9-10;;/h3-9H,10H2;4-9,11H,2,10H2;1,3-6,9H,2,7-8H2;;/q2*-1;;2*+1/b;9-8-;;;. The van der Waals surface area contributed by atoms with Crippen LogP contribution < -0.4 is 0 Å². The normalized spacial score (nSPS) is 12.8. The number of rotatable bonds is 4. The first-order chi connectivity index (χ1) is 21.1. The molecular weight excluding hydrogens is 914 g/mol. The van der Waals surface area contributed by atoms with E-state index in [1.165, 1.54) is 50.2 Å². The summed E-state index contributed by atoms with van der Waals surface area (Å²) in [5.74, 6) is 4.69. The van der Waals surface area contributed by atoms with Crippen molar-refractivity contribution < 1.29 is 44.8 Å². The van der Waals surface area contributed by atoms with Gasteiger partial charge in [-0.1, -0.05) is 84.5 Å². The van der Waals surface area contributed by atoms with Crippen molar-refractivity contribution in [3.05, 3.63) is 180 Å². The van der Waals surface area contributed by atoms with Gasteiger partial charge in [0.1, 0.15) is 0 Å². The van der Waals surface area contributed by atoms with Crippen LogP contribution in [0.15, 0.2) is 139 Å². The molecular formula is C41H32Au2N2. The Bertz CT molecular complexity index is 1830. The van der Waals surface area contributed by atoms with Crippen LogP contribution >= 0.6 is 0 Å². The smallest absolute Gasteiger partial charge is 0.366 e. The minimum absolute atomic E-state index is 0. The van der Waals surface area contributed by atoms with Crippen molar-refractivity contribution in [2.75, 3.05) is 6.54 Å². The number of fused-ring (bicyclic) bond motifs is 4. The topological polar surface area (TPSA) is 25.2 Å². The predicted molar refractivity (Wildman–Crippen MR) is 178 cm³/mol. The Morgan fingerprint density at radius 2 is 1.62 bits per heavy atom. The van der Waals surface area contributed by atoms with E-state index in [1.807, 2.05) is 36.5 Å². The van der Waals surface area contributed by atoms with Crippen LogP contribution in [0.25, 0.3) is 16.7 Å². The number of aromatic nitrogens is 1. The summed E-state index contributed by atoms with van der Waals surface area (Å²) >= 11 is 0. The van der Waals surface area contributed by atoms with E-state index in [0.29, 0.717) is 5.57 Å². The second kappa shape index (κ2) is 18.1. The Kier molecular flexibility index (Phi) is 14.3. The van der Waals surface area contributed by atoms with E-state index in [1.54, 1.807) is 6.20 Å². The summed E-state index contributed by atoms with van der Waals surface area (Å²) in [5.41, 5.74) is 13.1. The van der Waals surface area contributed by atoms with Crippen molar-refractivity contribution in [3.8, 4) is 23.0 Å². The van der Waals surface area contributed by atoms with Gasteiger partial charge in [0.25, 0.3) is 0 Å². The van der Waals surface area contributed by atoms with Crippen LogP contribution in [0.3, 0.4) is 0 Å². The zero-order valence-electron chi connectivity index (χ0n) is 24.8. The third-order valence-electron chi connectivity index (χ3n) is 7.46. The van der Waals surface area contributed by atoms with Gasteiger partial charge in [-0.3, -0.25) is 21.8 Å². The molecule has 4 aromatic rings. The molecule has 0 unspecified atom stereocenters. The van der Waals surface area contributed by atoms with Gasteiger partial charge in [0.2, 0.25) is 0 Å². The summed E-state index contributed by atoms with van der Waals surface area (Å²) in [6.07, 6.45) is 32.0. The van der Waals surface area contributed by atoms with Crippen LogP contribution in [0.2, 0.25) is 0 Å². The first kappa shape index (κ1) is 35.5. The van der Waals surface area contributed by atoms with Crippen LogP contribution in [0.5, 0.6) is 0 Å². The quantitative estimate of drug-likeness (QED) is 0.0769. The molecule has 4 heteroatoms. The molecule has 1 aromatic heterocycles. The third kappa shape index (κ3) is 9.76. The molecule has 2 nitrogen and oxygen atoms in total. The Morgan fingerprint density at radius 3 is 2.33 bits per heavy atom. The van der Waals surface area contributed by atoms with Gasteiger partial charge in [0, 0.05) is 31.1 Å². The average molecular weight is 947 g/mol. The Hall–Kier alpha value is -3.96. The molecule has 2 heterocycles. The fourth-order valence-corrected chi connectivity index (χ4v) is 5.30. The first-order valence-corrected chi connectivity index (χ1v) is 14.5. The van der Waals surface area contributed by atoms with Crippen LogP contribution in [0.1, 0.15) is 39.8 Å². The molecule has 0 saturated heterocycles. The van der Waals surface area contributed by atoms with E-state index in [0.717, 1.165) is 37.8 Å². The maximum Gasteiger partial charge on any atom is 1.00 e. The monoisotopic (exact) mass is 946 g/mol. The fraction of sp³-hybridized carbons (Fsp3) is 0.122. The first-order valence-electron chi connectivity index (χ1n) is 14.5. The molecule has 0 saturated carbocycles. The molecule has 228 valence electrons. The maximum absolute atomic E-state index is 7.12. The summed E-state index contributed by atoms with van der Waals surface area (Å²) < 4.78 is 0. The molecule has 2 aliphatic carbocycles. The molecule has 0 radical (unpaired) electrons. The van der Waals surface area contributed by atoms with Crippen molar-refractivity contribution in [2.24, 2.45) is 4.99 Å².